The molecule has 1 fully saturated rings. The van der Waals surface area contributed by atoms with Gasteiger partial charge in [0.15, 0.2) is 0 Å². The van der Waals surface area contributed by atoms with E-state index in [1.54, 1.807) is 11.3 Å². The van der Waals surface area contributed by atoms with Crippen LogP contribution in [-0.4, -0.2) is 29.7 Å². The van der Waals surface area contributed by atoms with Gasteiger partial charge in [0.1, 0.15) is 5.60 Å². The summed E-state index contributed by atoms with van der Waals surface area (Å²) < 4.78 is 7.23. The monoisotopic (exact) mass is 364 g/mol. The van der Waals surface area contributed by atoms with Crippen molar-refractivity contribution < 1.29 is 4.74 Å². The first-order valence-electron chi connectivity index (χ1n) is 8.28. The minimum atomic E-state index is -0.248. The molecule has 7 heteroatoms. The Balaban J connectivity index is 1.68. The SMILES string of the molecule is CNc1ncc([C@@H]2C[C@]3(C[C@H](C)N2)OCCc2cc(Cl)sc23)cn1. The molecule has 0 bridgehead atoms. The number of aromatic nitrogens is 2. The van der Waals surface area contributed by atoms with Gasteiger partial charge >= 0.3 is 0 Å². The molecule has 2 aliphatic heterocycles. The van der Waals surface area contributed by atoms with Crippen molar-refractivity contribution >= 4 is 28.9 Å². The minimum absolute atomic E-state index is 0.173. The standard InChI is InChI=1S/C17H21ClN4OS/c1-10-6-17(15-11(3-4-23-17)5-14(18)24-15)7-13(22-10)12-8-20-16(19-2)21-9-12/h5,8-10,13,22H,3-4,6-7H2,1-2H3,(H,19,20,21)/t10-,13-,17-/m0/s1. The van der Waals surface area contributed by atoms with Gasteiger partial charge in [0.2, 0.25) is 5.95 Å². The highest BCUT2D eigenvalue weighted by molar-refractivity contribution is 7.16. The molecule has 4 rings (SSSR count). The molecule has 5 nitrogen and oxygen atoms in total. The number of nitrogens with zero attached hydrogens (tertiary/aromatic N) is 2. The topological polar surface area (TPSA) is 59.1 Å². The van der Waals surface area contributed by atoms with E-state index < -0.39 is 0 Å². The molecule has 24 heavy (non-hydrogen) atoms. The maximum atomic E-state index is 6.37. The Hall–Kier alpha value is -1.21. The normalized spacial score (nSPS) is 29.5. The Labute approximate surface area is 150 Å². The molecule has 2 aromatic rings. The second-order valence-corrected chi connectivity index (χ2v) is 8.30. The Morgan fingerprint density at radius 3 is 2.92 bits per heavy atom. The van der Waals surface area contributed by atoms with Crippen LogP contribution in [-0.2, 0) is 16.8 Å². The first-order valence-corrected chi connectivity index (χ1v) is 9.47. The number of ether oxygens (including phenoxy) is 1. The van der Waals surface area contributed by atoms with Gasteiger partial charge in [-0.05, 0) is 31.4 Å². The van der Waals surface area contributed by atoms with Crippen molar-refractivity contribution in [2.45, 2.75) is 43.9 Å². The maximum Gasteiger partial charge on any atom is 0.222 e. The Morgan fingerprint density at radius 1 is 1.38 bits per heavy atom. The van der Waals surface area contributed by atoms with Gasteiger partial charge in [-0.3, -0.25) is 0 Å². The summed E-state index contributed by atoms with van der Waals surface area (Å²) in [5.74, 6) is 0.638. The lowest BCUT2D eigenvalue weighted by atomic mass is 9.78. The van der Waals surface area contributed by atoms with Gasteiger partial charge in [0.25, 0.3) is 0 Å². The summed E-state index contributed by atoms with van der Waals surface area (Å²) in [6, 6.07) is 2.63. The summed E-state index contributed by atoms with van der Waals surface area (Å²) in [6.07, 6.45) is 6.58. The highest BCUT2D eigenvalue weighted by atomic mass is 35.5. The van der Waals surface area contributed by atoms with Crippen molar-refractivity contribution in [2.24, 2.45) is 0 Å². The molecule has 0 unspecified atom stereocenters. The quantitative estimate of drug-likeness (QED) is 0.853. The predicted octanol–water partition coefficient (Wildman–Crippen LogP) is 3.51. The largest absolute Gasteiger partial charge is 0.369 e. The first kappa shape index (κ1) is 16.3. The van der Waals surface area contributed by atoms with Gasteiger partial charge in [-0.2, -0.15) is 0 Å². The highest BCUT2D eigenvalue weighted by Gasteiger charge is 2.46. The number of rotatable bonds is 2. The van der Waals surface area contributed by atoms with E-state index in [2.05, 4.69) is 33.6 Å². The van der Waals surface area contributed by atoms with E-state index in [0.717, 1.165) is 35.8 Å². The van der Waals surface area contributed by atoms with Crippen LogP contribution in [0.15, 0.2) is 18.5 Å². The fraction of sp³-hybridized carbons (Fsp3) is 0.529. The van der Waals surface area contributed by atoms with Crippen LogP contribution in [0.25, 0.3) is 0 Å². The van der Waals surface area contributed by atoms with Gasteiger partial charge in [0.05, 0.1) is 10.9 Å². The van der Waals surface area contributed by atoms with Crippen LogP contribution in [0.1, 0.15) is 41.8 Å². The summed E-state index contributed by atoms with van der Waals surface area (Å²) in [4.78, 5) is 10.0. The van der Waals surface area contributed by atoms with Gasteiger partial charge in [0, 0.05) is 48.4 Å². The number of anilines is 1. The van der Waals surface area contributed by atoms with E-state index in [-0.39, 0.29) is 11.6 Å². The first-order chi connectivity index (χ1) is 11.6. The molecular formula is C17H21ClN4OS. The Bertz CT molecular complexity index is 735. The summed E-state index contributed by atoms with van der Waals surface area (Å²) >= 11 is 7.97. The van der Waals surface area contributed by atoms with E-state index in [1.807, 2.05) is 19.4 Å². The number of piperidine rings is 1. The highest BCUT2D eigenvalue weighted by Crippen LogP contribution is 2.49. The summed E-state index contributed by atoms with van der Waals surface area (Å²) in [6.45, 7) is 2.97. The molecule has 0 amide bonds. The third kappa shape index (κ3) is 2.81. The van der Waals surface area contributed by atoms with Crippen LogP contribution >= 0.6 is 22.9 Å². The Kier molecular flexibility index (Phi) is 4.24. The fourth-order valence-corrected chi connectivity index (χ4v) is 5.38. The zero-order valence-electron chi connectivity index (χ0n) is 13.8. The number of nitrogens with one attached hydrogen (secondary N) is 2. The molecule has 128 valence electrons. The molecule has 2 aliphatic rings. The lowest BCUT2D eigenvalue weighted by molar-refractivity contribution is -0.0954. The average Bonchev–Trinajstić information content (AvgIpc) is 2.97. The molecule has 1 spiro atoms. The molecule has 0 radical (unpaired) electrons. The minimum Gasteiger partial charge on any atom is -0.369 e. The maximum absolute atomic E-state index is 6.37. The molecule has 4 heterocycles. The van der Waals surface area contributed by atoms with Crippen LogP contribution < -0.4 is 10.6 Å². The third-order valence-electron chi connectivity index (χ3n) is 4.90. The van der Waals surface area contributed by atoms with E-state index in [0.29, 0.717) is 12.0 Å². The number of fused-ring (bicyclic) bond motifs is 2. The predicted molar refractivity (Wildman–Crippen MR) is 96.8 cm³/mol. The number of hydrogen-bond acceptors (Lipinski definition) is 6. The molecule has 0 aromatic carbocycles. The summed E-state index contributed by atoms with van der Waals surface area (Å²) in [5.41, 5.74) is 2.20. The lowest BCUT2D eigenvalue weighted by Gasteiger charge is -2.46. The van der Waals surface area contributed by atoms with Crippen molar-refractivity contribution in [3.05, 3.63) is 38.8 Å². The third-order valence-corrected chi connectivity index (χ3v) is 6.39. The van der Waals surface area contributed by atoms with Gasteiger partial charge < -0.3 is 15.4 Å². The molecule has 0 saturated carbocycles. The smallest absolute Gasteiger partial charge is 0.222 e. The fourth-order valence-electron chi connectivity index (χ4n) is 3.92. The van der Waals surface area contributed by atoms with E-state index in [9.17, 15) is 0 Å². The molecule has 1 saturated heterocycles. The van der Waals surface area contributed by atoms with Crippen LogP contribution in [0.2, 0.25) is 4.34 Å². The second-order valence-electron chi connectivity index (χ2n) is 6.62. The van der Waals surface area contributed by atoms with Crippen LogP contribution in [0.5, 0.6) is 0 Å². The second kappa shape index (κ2) is 6.26. The van der Waals surface area contributed by atoms with Crippen molar-refractivity contribution in [2.75, 3.05) is 19.0 Å². The number of hydrogen-bond donors (Lipinski definition) is 2. The Morgan fingerprint density at radius 2 is 2.17 bits per heavy atom. The number of thiophene rings is 1. The molecular weight excluding hydrogens is 344 g/mol. The van der Waals surface area contributed by atoms with Crippen LogP contribution in [0.4, 0.5) is 5.95 Å². The summed E-state index contributed by atoms with van der Waals surface area (Å²) in [7, 11) is 1.82. The molecule has 2 aromatic heterocycles. The van der Waals surface area contributed by atoms with E-state index in [4.69, 9.17) is 16.3 Å². The van der Waals surface area contributed by atoms with Crippen LogP contribution in [0.3, 0.4) is 0 Å². The van der Waals surface area contributed by atoms with E-state index in [1.165, 1.54) is 10.4 Å². The van der Waals surface area contributed by atoms with Crippen molar-refractivity contribution in [1.29, 1.82) is 0 Å². The van der Waals surface area contributed by atoms with Crippen molar-refractivity contribution in [3.8, 4) is 0 Å². The van der Waals surface area contributed by atoms with Crippen LogP contribution in [0, 0.1) is 0 Å². The van der Waals surface area contributed by atoms with Gasteiger partial charge in [-0.15, -0.1) is 11.3 Å². The molecule has 2 N–H and O–H groups in total. The molecule has 3 atom stereocenters. The number of halogens is 1. The van der Waals surface area contributed by atoms with Gasteiger partial charge in [-0.25, -0.2) is 9.97 Å². The van der Waals surface area contributed by atoms with E-state index >= 15 is 0 Å². The van der Waals surface area contributed by atoms with Crippen molar-refractivity contribution in [1.82, 2.24) is 15.3 Å². The molecule has 0 aliphatic carbocycles. The summed E-state index contributed by atoms with van der Waals surface area (Å²) in [5, 5.41) is 6.63. The van der Waals surface area contributed by atoms with Crippen molar-refractivity contribution in [3.63, 3.8) is 0 Å². The average molecular weight is 365 g/mol. The zero-order chi connectivity index (χ0) is 16.7. The van der Waals surface area contributed by atoms with Gasteiger partial charge in [-0.1, -0.05) is 11.6 Å². The zero-order valence-corrected chi connectivity index (χ0v) is 15.4. The lowest BCUT2D eigenvalue weighted by Crippen LogP contribution is -2.49.